The third-order valence-electron chi connectivity index (χ3n) is 2.65. The summed E-state index contributed by atoms with van der Waals surface area (Å²) in [7, 11) is 1.55. The lowest BCUT2D eigenvalue weighted by Gasteiger charge is -2.09. The van der Waals surface area contributed by atoms with Crippen molar-refractivity contribution in [2.45, 2.75) is 12.8 Å². The van der Waals surface area contributed by atoms with E-state index >= 15 is 0 Å². The van der Waals surface area contributed by atoms with Gasteiger partial charge in [-0.05, 0) is 30.7 Å². The molecular formula is C12H12O4. The molecule has 2 aromatic rings. The SMILES string of the molecule is COc1cc(C(C)C(=O)O)cc2occc12. The van der Waals surface area contributed by atoms with E-state index in [0.717, 1.165) is 5.39 Å². The van der Waals surface area contributed by atoms with Gasteiger partial charge in [0.2, 0.25) is 0 Å². The molecule has 0 radical (unpaired) electrons. The quantitative estimate of drug-likeness (QED) is 0.863. The average Bonchev–Trinajstić information content (AvgIpc) is 2.74. The Labute approximate surface area is 92.4 Å². The molecule has 1 N–H and O–H groups in total. The Hall–Kier alpha value is -1.97. The summed E-state index contributed by atoms with van der Waals surface area (Å²) >= 11 is 0. The lowest BCUT2D eigenvalue weighted by atomic mass is 10.00. The van der Waals surface area contributed by atoms with Gasteiger partial charge in [0.25, 0.3) is 0 Å². The Balaban J connectivity index is 2.59. The van der Waals surface area contributed by atoms with E-state index in [-0.39, 0.29) is 0 Å². The van der Waals surface area contributed by atoms with Crippen molar-refractivity contribution in [1.29, 1.82) is 0 Å². The number of hydrogen-bond donors (Lipinski definition) is 1. The topological polar surface area (TPSA) is 59.7 Å². The normalized spacial score (nSPS) is 12.6. The predicted octanol–water partition coefficient (Wildman–Crippen LogP) is 2.63. The molecule has 16 heavy (non-hydrogen) atoms. The number of carboxylic acids is 1. The van der Waals surface area contributed by atoms with Gasteiger partial charge in [-0.2, -0.15) is 0 Å². The second kappa shape index (κ2) is 3.89. The Morgan fingerprint density at radius 3 is 2.88 bits per heavy atom. The fraction of sp³-hybridized carbons (Fsp3) is 0.250. The minimum Gasteiger partial charge on any atom is -0.496 e. The molecule has 1 unspecified atom stereocenters. The second-order valence-electron chi connectivity index (χ2n) is 3.62. The van der Waals surface area contributed by atoms with E-state index < -0.39 is 11.9 Å². The van der Waals surface area contributed by atoms with E-state index in [4.69, 9.17) is 14.3 Å². The summed E-state index contributed by atoms with van der Waals surface area (Å²) in [6, 6.07) is 5.26. The molecule has 4 heteroatoms. The van der Waals surface area contributed by atoms with E-state index in [2.05, 4.69) is 0 Å². The van der Waals surface area contributed by atoms with Crippen LogP contribution in [-0.4, -0.2) is 18.2 Å². The molecule has 1 heterocycles. The number of carboxylic acid groups (broad SMARTS) is 1. The lowest BCUT2D eigenvalue weighted by molar-refractivity contribution is -0.138. The number of benzene rings is 1. The van der Waals surface area contributed by atoms with Crippen LogP contribution < -0.4 is 4.74 Å². The maximum atomic E-state index is 10.9. The zero-order chi connectivity index (χ0) is 11.7. The molecule has 4 nitrogen and oxygen atoms in total. The van der Waals surface area contributed by atoms with Crippen LogP contribution in [0.5, 0.6) is 5.75 Å². The van der Waals surface area contributed by atoms with E-state index in [0.29, 0.717) is 16.9 Å². The van der Waals surface area contributed by atoms with Crippen molar-refractivity contribution in [2.24, 2.45) is 0 Å². The van der Waals surface area contributed by atoms with Gasteiger partial charge in [-0.25, -0.2) is 0 Å². The van der Waals surface area contributed by atoms with Gasteiger partial charge < -0.3 is 14.3 Å². The molecule has 2 rings (SSSR count). The smallest absolute Gasteiger partial charge is 0.310 e. The van der Waals surface area contributed by atoms with Crippen LogP contribution in [0.3, 0.4) is 0 Å². The first kappa shape index (κ1) is 10.5. The van der Waals surface area contributed by atoms with Crippen molar-refractivity contribution in [3.63, 3.8) is 0 Å². The molecule has 1 atom stereocenters. The highest BCUT2D eigenvalue weighted by Gasteiger charge is 2.17. The van der Waals surface area contributed by atoms with Crippen LogP contribution in [0.1, 0.15) is 18.4 Å². The summed E-state index contributed by atoms with van der Waals surface area (Å²) in [6.45, 7) is 1.63. The van der Waals surface area contributed by atoms with Crippen LogP contribution in [0.15, 0.2) is 28.9 Å². The standard InChI is InChI=1S/C12H12O4/c1-7(12(13)14)8-5-10(15-2)9-3-4-16-11(9)6-8/h3-7H,1-2H3,(H,13,14). The third-order valence-corrected chi connectivity index (χ3v) is 2.65. The number of methoxy groups -OCH3 is 1. The van der Waals surface area contributed by atoms with Crippen LogP contribution in [0, 0.1) is 0 Å². The number of hydrogen-bond acceptors (Lipinski definition) is 3. The van der Waals surface area contributed by atoms with Gasteiger partial charge in [0.15, 0.2) is 0 Å². The van der Waals surface area contributed by atoms with Gasteiger partial charge in [-0.3, -0.25) is 4.79 Å². The molecule has 84 valence electrons. The van der Waals surface area contributed by atoms with Crippen LogP contribution in [0.4, 0.5) is 0 Å². The van der Waals surface area contributed by atoms with E-state index in [9.17, 15) is 4.79 Å². The number of ether oxygens (including phenoxy) is 1. The fourth-order valence-corrected chi connectivity index (χ4v) is 1.62. The first-order valence-corrected chi connectivity index (χ1v) is 4.91. The molecule has 1 aromatic heterocycles. The number of fused-ring (bicyclic) bond motifs is 1. The third kappa shape index (κ3) is 1.62. The average molecular weight is 220 g/mol. The number of aliphatic carboxylic acids is 1. The van der Waals surface area contributed by atoms with Crippen molar-refractivity contribution in [3.05, 3.63) is 30.0 Å². The second-order valence-corrected chi connectivity index (χ2v) is 3.62. The molecule has 0 aliphatic heterocycles. The lowest BCUT2D eigenvalue weighted by Crippen LogP contribution is -2.07. The molecular weight excluding hydrogens is 208 g/mol. The molecule has 0 spiro atoms. The fourth-order valence-electron chi connectivity index (χ4n) is 1.62. The Morgan fingerprint density at radius 2 is 2.25 bits per heavy atom. The first-order chi connectivity index (χ1) is 7.63. The van der Waals surface area contributed by atoms with Gasteiger partial charge in [-0.15, -0.1) is 0 Å². The summed E-state index contributed by atoms with van der Waals surface area (Å²) < 4.78 is 10.5. The summed E-state index contributed by atoms with van der Waals surface area (Å²) in [4.78, 5) is 10.9. The highest BCUT2D eigenvalue weighted by molar-refractivity contribution is 5.86. The summed E-state index contributed by atoms with van der Waals surface area (Å²) in [5.41, 5.74) is 1.31. The van der Waals surface area contributed by atoms with Crippen molar-refractivity contribution in [3.8, 4) is 5.75 Å². The van der Waals surface area contributed by atoms with Crippen molar-refractivity contribution in [1.82, 2.24) is 0 Å². The van der Waals surface area contributed by atoms with Gasteiger partial charge in [0.1, 0.15) is 11.3 Å². The minimum atomic E-state index is -0.868. The number of rotatable bonds is 3. The van der Waals surface area contributed by atoms with E-state index in [1.807, 2.05) is 0 Å². The maximum absolute atomic E-state index is 10.9. The molecule has 0 aliphatic rings. The van der Waals surface area contributed by atoms with Crippen LogP contribution in [0.2, 0.25) is 0 Å². The Morgan fingerprint density at radius 1 is 1.50 bits per heavy atom. The summed E-state index contributed by atoms with van der Waals surface area (Å²) in [5.74, 6) is -0.814. The number of furan rings is 1. The van der Waals surface area contributed by atoms with Gasteiger partial charge >= 0.3 is 5.97 Å². The Bertz CT molecular complexity index is 527. The number of carbonyl (C=O) groups is 1. The molecule has 1 aromatic carbocycles. The summed E-state index contributed by atoms with van der Waals surface area (Å²) in [5, 5.41) is 9.80. The molecule has 0 fully saturated rings. The van der Waals surface area contributed by atoms with Gasteiger partial charge in [0, 0.05) is 0 Å². The highest BCUT2D eigenvalue weighted by atomic mass is 16.5. The van der Waals surface area contributed by atoms with Gasteiger partial charge in [-0.1, -0.05) is 0 Å². The van der Waals surface area contributed by atoms with Crippen molar-refractivity contribution >= 4 is 16.9 Å². The Kier molecular flexibility index (Phi) is 2.56. The van der Waals surface area contributed by atoms with E-state index in [1.54, 1.807) is 38.5 Å². The molecule has 0 saturated carbocycles. The first-order valence-electron chi connectivity index (χ1n) is 4.91. The molecule has 0 amide bonds. The van der Waals surface area contributed by atoms with Crippen molar-refractivity contribution in [2.75, 3.05) is 7.11 Å². The largest absolute Gasteiger partial charge is 0.496 e. The maximum Gasteiger partial charge on any atom is 0.310 e. The molecule has 0 bridgehead atoms. The predicted molar refractivity (Wildman–Crippen MR) is 58.8 cm³/mol. The molecule has 0 saturated heterocycles. The van der Waals surface area contributed by atoms with Gasteiger partial charge in [0.05, 0.1) is 24.7 Å². The van der Waals surface area contributed by atoms with Crippen LogP contribution in [-0.2, 0) is 4.79 Å². The minimum absolute atomic E-state index is 0.580. The van der Waals surface area contributed by atoms with Crippen LogP contribution in [0.25, 0.3) is 11.0 Å². The zero-order valence-electron chi connectivity index (χ0n) is 9.06. The zero-order valence-corrected chi connectivity index (χ0v) is 9.06. The summed E-state index contributed by atoms with van der Waals surface area (Å²) in [6.07, 6.45) is 1.56. The van der Waals surface area contributed by atoms with Crippen molar-refractivity contribution < 1.29 is 19.1 Å². The monoisotopic (exact) mass is 220 g/mol. The highest BCUT2D eigenvalue weighted by Crippen LogP contribution is 2.31. The van der Waals surface area contributed by atoms with E-state index in [1.165, 1.54) is 0 Å². The van der Waals surface area contributed by atoms with Crippen LogP contribution >= 0.6 is 0 Å². The molecule has 0 aliphatic carbocycles.